The van der Waals surface area contributed by atoms with Crippen molar-refractivity contribution in [3.8, 4) is 0 Å². The van der Waals surface area contributed by atoms with Gasteiger partial charge in [0.15, 0.2) is 0 Å². The highest BCUT2D eigenvalue weighted by molar-refractivity contribution is 7.98. The fourth-order valence-corrected chi connectivity index (χ4v) is 4.46. The summed E-state index contributed by atoms with van der Waals surface area (Å²) in [5.41, 5.74) is -0.0896. The number of aliphatic hydroxyl groups excluding tert-OH is 1. The van der Waals surface area contributed by atoms with Crippen molar-refractivity contribution >= 4 is 23.8 Å². The standard InChI is InChI=1S/C20H32N2O7S/c1-13-7-21-18(25)22(8-13)16-5-14(23)15(29-16)9-26-17(24)6-19(2)10-20(3,11-27-19)28-12-30-4/h8,14-16,23H,5-7,9-12H2,1-4H3,(H,21,25). The van der Waals surface area contributed by atoms with E-state index in [1.807, 2.05) is 27.0 Å². The fourth-order valence-electron chi connectivity index (χ4n) is 4.06. The van der Waals surface area contributed by atoms with Crippen molar-refractivity contribution in [2.45, 2.75) is 69.7 Å². The lowest BCUT2D eigenvalue weighted by Gasteiger charge is -2.29. The second-order valence-corrected chi connectivity index (χ2v) is 9.56. The number of hydrogen-bond donors (Lipinski definition) is 2. The predicted molar refractivity (Wildman–Crippen MR) is 111 cm³/mol. The average molecular weight is 445 g/mol. The molecule has 2 amide bonds. The van der Waals surface area contributed by atoms with E-state index in [4.69, 9.17) is 18.9 Å². The summed E-state index contributed by atoms with van der Waals surface area (Å²) in [5.74, 6) is 0.152. The Hall–Kier alpha value is -1.33. The minimum absolute atomic E-state index is 0.0784. The van der Waals surface area contributed by atoms with Crippen LogP contribution < -0.4 is 5.32 Å². The quantitative estimate of drug-likeness (QED) is 0.430. The Morgan fingerprint density at radius 3 is 2.97 bits per heavy atom. The van der Waals surface area contributed by atoms with E-state index in [0.717, 1.165) is 5.57 Å². The summed E-state index contributed by atoms with van der Waals surface area (Å²) in [4.78, 5) is 25.9. The molecule has 0 spiro atoms. The first-order valence-corrected chi connectivity index (χ1v) is 11.5. The van der Waals surface area contributed by atoms with E-state index in [2.05, 4.69) is 5.32 Å². The largest absolute Gasteiger partial charge is 0.463 e. The predicted octanol–water partition coefficient (Wildman–Crippen LogP) is 1.60. The van der Waals surface area contributed by atoms with Crippen LogP contribution in [-0.2, 0) is 23.7 Å². The van der Waals surface area contributed by atoms with Crippen molar-refractivity contribution in [1.29, 1.82) is 0 Å². The van der Waals surface area contributed by atoms with Crippen LogP contribution in [0.4, 0.5) is 4.79 Å². The number of aliphatic hydroxyl groups is 1. The lowest BCUT2D eigenvalue weighted by Crippen LogP contribution is -2.46. The molecule has 9 nitrogen and oxygen atoms in total. The molecule has 170 valence electrons. The maximum absolute atomic E-state index is 12.4. The zero-order valence-electron chi connectivity index (χ0n) is 18.0. The minimum atomic E-state index is -0.826. The Morgan fingerprint density at radius 1 is 1.47 bits per heavy atom. The van der Waals surface area contributed by atoms with Crippen LogP contribution in [0.5, 0.6) is 0 Å². The number of hydrogen-bond acceptors (Lipinski definition) is 8. The van der Waals surface area contributed by atoms with Crippen molar-refractivity contribution in [2.24, 2.45) is 0 Å². The molecule has 2 saturated heterocycles. The summed E-state index contributed by atoms with van der Waals surface area (Å²) in [7, 11) is 0. The van der Waals surface area contributed by atoms with Gasteiger partial charge in [-0.2, -0.15) is 0 Å². The van der Waals surface area contributed by atoms with Gasteiger partial charge in [-0.1, -0.05) is 0 Å². The van der Waals surface area contributed by atoms with Gasteiger partial charge in [-0.05, 0) is 32.6 Å². The molecule has 3 aliphatic heterocycles. The number of amides is 2. The topological polar surface area (TPSA) is 107 Å². The van der Waals surface area contributed by atoms with Crippen molar-refractivity contribution in [3.05, 3.63) is 11.8 Å². The number of ether oxygens (including phenoxy) is 4. The average Bonchev–Trinajstić information content (AvgIpc) is 3.20. The third-order valence-corrected chi connectivity index (χ3v) is 5.91. The number of thioether (sulfide) groups is 1. The molecule has 0 radical (unpaired) electrons. The van der Waals surface area contributed by atoms with Crippen LogP contribution in [0.3, 0.4) is 0 Å². The van der Waals surface area contributed by atoms with Crippen molar-refractivity contribution in [1.82, 2.24) is 10.2 Å². The summed E-state index contributed by atoms with van der Waals surface area (Å²) < 4.78 is 22.9. The third-order valence-electron chi connectivity index (χ3n) is 5.55. The van der Waals surface area contributed by atoms with E-state index in [1.54, 1.807) is 18.0 Å². The maximum atomic E-state index is 12.4. The molecule has 0 aromatic rings. The summed E-state index contributed by atoms with van der Waals surface area (Å²) in [6.45, 7) is 6.60. The molecule has 0 aliphatic carbocycles. The van der Waals surface area contributed by atoms with Gasteiger partial charge in [0.1, 0.15) is 18.9 Å². The third kappa shape index (κ3) is 5.67. The van der Waals surface area contributed by atoms with Crippen LogP contribution >= 0.6 is 11.8 Å². The van der Waals surface area contributed by atoms with Crippen molar-refractivity contribution in [3.63, 3.8) is 0 Å². The Balaban J connectivity index is 1.47. The minimum Gasteiger partial charge on any atom is -0.463 e. The zero-order chi connectivity index (χ0) is 21.9. The lowest BCUT2D eigenvalue weighted by molar-refractivity contribution is -0.155. The second-order valence-electron chi connectivity index (χ2n) is 8.75. The van der Waals surface area contributed by atoms with E-state index >= 15 is 0 Å². The molecule has 2 N–H and O–H groups in total. The van der Waals surface area contributed by atoms with Crippen LogP contribution in [0.25, 0.3) is 0 Å². The SMILES string of the molecule is CSCOC1(C)COC(C)(CC(=O)OCC2OC(N3C=C(C)CNC3=O)CC2O)C1. The van der Waals surface area contributed by atoms with Gasteiger partial charge >= 0.3 is 12.0 Å². The first kappa shape index (κ1) is 23.3. The number of nitrogens with zero attached hydrogens (tertiary/aromatic N) is 1. The van der Waals surface area contributed by atoms with Crippen LogP contribution in [-0.4, -0.2) is 83.6 Å². The normalized spacial score (nSPS) is 36.6. The number of esters is 1. The van der Waals surface area contributed by atoms with Crippen molar-refractivity contribution in [2.75, 3.05) is 32.0 Å². The highest BCUT2D eigenvalue weighted by atomic mass is 32.2. The van der Waals surface area contributed by atoms with E-state index < -0.39 is 35.6 Å². The van der Waals surface area contributed by atoms with E-state index in [-0.39, 0.29) is 25.5 Å². The van der Waals surface area contributed by atoms with E-state index in [0.29, 0.717) is 25.5 Å². The monoisotopic (exact) mass is 444 g/mol. The Morgan fingerprint density at radius 2 is 2.23 bits per heavy atom. The molecule has 3 aliphatic rings. The van der Waals surface area contributed by atoms with Crippen LogP contribution in [0, 0.1) is 0 Å². The Kier molecular flexibility index (Phi) is 7.34. The Bertz CT molecular complexity index is 690. The first-order valence-electron chi connectivity index (χ1n) is 10.1. The molecule has 0 saturated carbocycles. The first-order chi connectivity index (χ1) is 14.1. The molecular weight excluding hydrogens is 412 g/mol. The maximum Gasteiger partial charge on any atom is 0.323 e. The van der Waals surface area contributed by atoms with Gasteiger partial charge in [0.05, 0.1) is 36.3 Å². The lowest BCUT2D eigenvalue weighted by atomic mass is 9.91. The molecule has 0 aromatic carbocycles. The molecule has 0 aromatic heterocycles. The number of nitrogens with one attached hydrogen (secondary N) is 1. The highest BCUT2D eigenvalue weighted by Gasteiger charge is 2.46. The molecular formula is C20H32N2O7S. The molecule has 10 heteroatoms. The molecule has 2 fully saturated rings. The molecule has 30 heavy (non-hydrogen) atoms. The van der Waals surface area contributed by atoms with E-state index in [1.165, 1.54) is 4.90 Å². The van der Waals surface area contributed by atoms with Gasteiger partial charge in [0.2, 0.25) is 0 Å². The zero-order valence-corrected chi connectivity index (χ0v) is 18.8. The van der Waals surface area contributed by atoms with E-state index in [9.17, 15) is 14.7 Å². The molecule has 3 heterocycles. The Labute approximate surface area is 181 Å². The van der Waals surface area contributed by atoms with Gasteiger partial charge in [-0.25, -0.2) is 4.79 Å². The number of carbonyl (C=O) groups excluding carboxylic acids is 2. The second kappa shape index (κ2) is 9.44. The van der Waals surface area contributed by atoms with Gasteiger partial charge in [0, 0.05) is 25.6 Å². The summed E-state index contributed by atoms with van der Waals surface area (Å²) in [5, 5.41) is 13.1. The van der Waals surface area contributed by atoms with Gasteiger partial charge in [-0.15, -0.1) is 11.8 Å². The summed E-state index contributed by atoms with van der Waals surface area (Å²) >= 11 is 1.60. The molecule has 5 unspecified atom stereocenters. The summed E-state index contributed by atoms with van der Waals surface area (Å²) in [6.07, 6.45) is 2.52. The van der Waals surface area contributed by atoms with Crippen LogP contribution in [0.1, 0.15) is 40.0 Å². The number of carbonyl (C=O) groups is 2. The number of rotatable bonds is 8. The molecule has 5 atom stereocenters. The molecule has 0 bridgehead atoms. The highest BCUT2D eigenvalue weighted by Crippen LogP contribution is 2.38. The number of urea groups is 1. The smallest absolute Gasteiger partial charge is 0.323 e. The van der Waals surface area contributed by atoms with Gasteiger partial charge in [-0.3, -0.25) is 9.69 Å². The molecule has 3 rings (SSSR count). The summed E-state index contributed by atoms with van der Waals surface area (Å²) in [6, 6.07) is -0.270. The van der Waals surface area contributed by atoms with Crippen LogP contribution in [0.2, 0.25) is 0 Å². The van der Waals surface area contributed by atoms with Crippen LogP contribution in [0.15, 0.2) is 11.8 Å². The van der Waals surface area contributed by atoms with Gasteiger partial charge < -0.3 is 29.4 Å². The fraction of sp³-hybridized carbons (Fsp3) is 0.800. The van der Waals surface area contributed by atoms with Crippen molar-refractivity contribution < 1.29 is 33.6 Å². The van der Waals surface area contributed by atoms with Gasteiger partial charge in [0.25, 0.3) is 0 Å².